The molecule has 2 unspecified atom stereocenters. The minimum absolute atomic E-state index is 0.0694. The summed E-state index contributed by atoms with van der Waals surface area (Å²) in [5.74, 6) is -0.0949. The van der Waals surface area contributed by atoms with Crippen LogP contribution in [0.25, 0.3) is 0 Å². The first-order valence-electron chi connectivity index (χ1n) is 5.39. The summed E-state index contributed by atoms with van der Waals surface area (Å²) in [7, 11) is 0. The number of carbonyl (C=O) groups is 1. The van der Waals surface area contributed by atoms with Crippen LogP contribution in [0.2, 0.25) is 0 Å². The van der Waals surface area contributed by atoms with E-state index in [4.69, 9.17) is 10.9 Å². The normalized spacial score (nSPS) is 24.8. The molecule has 1 aliphatic carbocycles. The Morgan fingerprint density at radius 2 is 2.47 bits per heavy atom. The smallest absolute Gasteiger partial charge is 0.270 e. The van der Waals surface area contributed by atoms with Gasteiger partial charge in [0.2, 0.25) is 0 Å². The van der Waals surface area contributed by atoms with E-state index in [0.717, 1.165) is 19.3 Å². The van der Waals surface area contributed by atoms with Crippen LogP contribution in [-0.4, -0.2) is 28.0 Å². The van der Waals surface area contributed by atoms with E-state index in [1.807, 2.05) is 0 Å². The SMILES string of the molecule is NC(=NO)C1CCCC1NC(=O)c1cscn1. The maximum absolute atomic E-state index is 11.8. The Balaban J connectivity index is 2.01. The van der Waals surface area contributed by atoms with Crippen molar-refractivity contribution in [2.45, 2.75) is 25.3 Å². The molecule has 2 atom stereocenters. The van der Waals surface area contributed by atoms with Crippen LogP contribution < -0.4 is 11.1 Å². The van der Waals surface area contributed by atoms with E-state index in [-0.39, 0.29) is 23.7 Å². The summed E-state index contributed by atoms with van der Waals surface area (Å²) in [5.41, 5.74) is 7.63. The second kappa shape index (κ2) is 5.13. The highest BCUT2D eigenvalue weighted by molar-refractivity contribution is 7.07. The molecule has 0 radical (unpaired) electrons. The summed E-state index contributed by atoms with van der Waals surface area (Å²) in [5, 5.41) is 16.3. The Morgan fingerprint density at radius 3 is 3.12 bits per heavy atom. The summed E-state index contributed by atoms with van der Waals surface area (Å²) in [6.07, 6.45) is 2.64. The van der Waals surface area contributed by atoms with Gasteiger partial charge in [-0.05, 0) is 12.8 Å². The Labute approximate surface area is 103 Å². The fraction of sp³-hybridized carbons (Fsp3) is 0.500. The first-order chi connectivity index (χ1) is 8.22. The molecule has 1 saturated carbocycles. The van der Waals surface area contributed by atoms with Gasteiger partial charge in [0.25, 0.3) is 5.91 Å². The van der Waals surface area contributed by atoms with Crippen LogP contribution in [0, 0.1) is 5.92 Å². The van der Waals surface area contributed by atoms with Gasteiger partial charge in [0, 0.05) is 17.3 Å². The molecule has 1 heterocycles. The average molecular weight is 254 g/mol. The van der Waals surface area contributed by atoms with Gasteiger partial charge in [0.15, 0.2) is 0 Å². The van der Waals surface area contributed by atoms with E-state index in [1.54, 1.807) is 10.9 Å². The number of nitrogens with one attached hydrogen (secondary N) is 1. The van der Waals surface area contributed by atoms with Crippen molar-refractivity contribution in [3.05, 3.63) is 16.6 Å². The van der Waals surface area contributed by atoms with Crippen LogP contribution >= 0.6 is 11.3 Å². The third kappa shape index (κ3) is 2.55. The fourth-order valence-corrected chi connectivity index (χ4v) is 2.66. The van der Waals surface area contributed by atoms with Gasteiger partial charge in [-0.3, -0.25) is 4.79 Å². The van der Waals surface area contributed by atoms with Crippen molar-refractivity contribution in [1.29, 1.82) is 0 Å². The highest BCUT2D eigenvalue weighted by atomic mass is 32.1. The lowest BCUT2D eigenvalue weighted by Crippen LogP contribution is -2.42. The number of amidine groups is 1. The van der Waals surface area contributed by atoms with Gasteiger partial charge in [-0.15, -0.1) is 11.3 Å². The van der Waals surface area contributed by atoms with E-state index in [0.29, 0.717) is 5.69 Å². The van der Waals surface area contributed by atoms with Crippen molar-refractivity contribution in [2.24, 2.45) is 16.8 Å². The van der Waals surface area contributed by atoms with Crippen molar-refractivity contribution in [2.75, 3.05) is 0 Å². The Hall–Kier alpha value is -1.63. The Bertz CT molecular complexity index is 418. The van der Waals surface area contributed by atoms with E-state index in [9.17, 15) is 4.79 Å². The van der Waals surface area contributed by atoms with Gasteiger partial charge in [-0.1, -0.05) is 11.6 Å². The molecular weight excluding hydrogens is 240 g/mol. The van der Waals surface area contributed by atoms with Gasteiger partial charge in [-0.2, -0.15) is 0 Å². The molecule has 6 nitrogen and oxygen atoms in total. The number of thiazole rings is 1. The fourth-order valence-electron chi connectivity index (χ4n) is 2.13. The zero-order chi connectivity index (χ0) is 12.3. The molecule has 1 aromatic heterocycles. The minimum atomic E-state index is -0.200. The summed E-state index contributed by atoms with van der Waals surface area (Å²) >= 11 is 1.38. The molecule has 0 aromatic carbocycles. The van der Waals surface area contributed by atoms with Crippen molar-refractivity contribution in [3.63, 3.8) is 0 Å². The number of amides is 1. The van der Waals surface area contributed by atoms with Gasteiger partial charge >= 0.3 is 0 Å². The monoisotopic (exact) mass is 254 g/mol. The molecular formula is C10H14N4O2S. The molecule has 1 amide bonds. The van der Waals surface area contributed by atoms with Crippen LogP contribution in [0.15, 0.2) is 16.0 Å². The molecule has 0 saturated heterocycles. The predicted octanol–water partition coefficient (Wildman–Crippen LogP) is 0.788. The summed E-state index contributed by atoms with van der Waals surface area (Å²) in [6, 6.07) is -0.0694. The lowest BCUT2D eigenvalue weighted by molar-refractivity contribution is 0.0929. The molecule has 1 fully saturated rings. The second-order valence-electron chi connectivity index (χ2n) is 4.02. The average Bonchev–Trinajstić information content (AvgIpc) is 2.98. The maximum atomic E-state index is 11.8. The molecule has 0 aliphatic heterocycles. The number of hydrogen-bond donors (Lipinski definition) is 3. The molecule has 0 bridgehead atoms. The number of oxime groups is 1. The number of aromatic nitrogens is 1. The molecule has 17 heavy (non-hydrogen) atoms. The van der Waals surface area contributed by atoms with E-state index in [2.05, 4.69) is 15.5 Å². The standard InChI is InChI=1S/C10H14N4O2S/c11-9(14-16)6-2-1-3-7(6)13-10(15)8-4-17-5-12-8/h4-7,16H,1-3H2,(H2,11,14)(H,13,15). The third-order valence-corrected chi connectivity index (χ3v) is 3.58. The van der Waals surface area contributed by atoms with Crippen molar-refractivity contribution < 1.29 is 10.0 Å². The highest BCUT2D eigenvalue weighted by Crippen LogP contribution is 2.26. The number of rotatable bonds is 3. The van der Waals surface area contributed by atoms with Crippen LogP contribution in [0.3, 0.4) is 0 Å². The number of hydrogen-bond acceptors (Lipinski definition) is 5. The first kappa shape index (κ1) is 11.8. The summed E-state index contributed by atoms with van der Waals surface area (Å²) in [6.45, 7) is 0. The van der Waals surface area contributed by atoms with Crippen molar-refractivity contribution in [1.82, 2.24) is 10.3 Å². The summed E-state index contributed by atoms with van der Waals surface area (Å²) in [4.78, 5) is 15.8. The van der Waals surface area contributed by atoms with Crippen LogP contribution in [-0.2, 0) is 0 Å². The number of carbonyl (C=O) groups excluding carboxylic acids is 1. The number of nitrogens with two attached hydrogens (primary N) is 1. The van der Waals surface area contributed by atoms with Crippen LogP contribution in [0.4, 0.5) is 0 Å². The molecule has 92 valence electrons. The van der Waals surface area contributed by atoms with Gasteiger partial charge in [0.1, 0.15) is 11.5 Å². The zero-order valence-electron chi connectivity index (χ0n) is 9.17. The third-order valence-electron chi connectivity index (χ3n) is 2.99. The van der Waals surface area contributed by atoms with Crippen molar-refractivity contribution in [3.8, 4) is 0 Å². The van der Waals surface area contributed by atoms with Crippen LogP contribution in [0.1, 0.15) is 29.8 Å². The zero-order valence-corrected chi connectivity index (χ0v) is 9.98. The van der Waals surface area contributed by atoms with Crippen LogP contribution in [0.5, 0.6) is 0 Å². The van der Waals surface area contributed by atoms with Gasteiger partial charge in [0.05, 0.1) is 5.51 Å². The van der Waals surface area contributed by atoms with Gasteiger partial charge < -0.3 is 16.3 Å². The molecule has 1 aliphatic rings. The topological polar surface area (TPSA) is 101 Å². The van der Waals surface area contributed by atoms with Gasteiger partial charge in [-0.25, -0.2) is 4.98 Å². The lowest BCUT2D eigenvalue weighted by atomic mass is 10.0. The largest absolute Gasteiger partial charge is 0.409 e. The van der Waals surface area contributed by atoms with Crippen molar-refractivity contribution >= 4 is 23.1 Å². The Morgan fingerprint density at radius 1 is 1.65 bits per heavy atom. The molecule has 0 spiro atoms. The molecule has 4 N–H and O–H groups in total. The second-order valence-corrected chi connectivity index (χ2v) is 4.73. The first-order valence-corrected chi connectivity index (χ1v) is 6.33. The summed E-state index contributed by atoms with van der Waals surface area (Å²) < 4.78 is 0. The van der Waals surface area contributed by atoms with E-state index < -0.39 is 0 Å². The maximum Gasteiger partial charge on any atom is 0.270 e. The molecule has 7 heteroatoms. The van der Waals surface area contributed by atoms with E-state index in [1.165, 1.54) is 11.3 Å². The molecule has 1 aromatic rings. The lowest BCUT2D eigenvalue weighted by Gasteiger charge is -2.19. The predicted molar refractivity (Wildman–Crippen MR) is 64.1 cm³/mol. The minimum Gasteiger partial charge on any atom is -0.409 e. The quantitative estimate of drug-likeness (QED) is 0.321. The Kier molecular flexibility index (Phi) is 3.58. The van der Waals surface area contributed by atoms with E-state index >= 15 is 0 Å². The molecule has 2 rings (SSSR count). The number of nitrogens with zero attached hydrogens (tertiary/aromatic N) is 2. The highest BCUT2D eigenvalue weighted by Gasteiger charge is 2.32.